The number of aliphatic carboxylic acids is 1. The van der Waals surface area contributed by atoms with Crippen molar-refractivity contribution >= 4 is 17.6 Å². The topological polar surface area (TPSA) is 66.4 Å². The number of nitrogens with one attached hydrogen (secondary N) is 1. The molecule has 0 aliphatic heterocycles. The smallest absolute Gasteiger partial charge is 0.328 e. The number of amides is 1. The first kappa shape index (κ1) is 13.5. The van der Waals surface area contributed by atoms with Crippen LogP contribution in [-0.2, 0) is 9.59 Å². The predicted octanol–water partition coefficient (Wildman–Crippen LogP) is 2.93. The van der Waals surface area contributed by atoms with E-state index in [9.17, 15) is 9.59 Å². The molecule has 4 heteroatoms. The van der Waals surface area contributed by atoms with Gasteiger partial charge in [-0.25, -0.2) is 4.79 Å². The molecule has 0 aliphatic carbocycles. The fraction of sp³-hybridized carbons (Fsp3) is 0. The molecule has 2 aromatic rings. The molecule has 1 amide bonds. The summed E-state index contributed by atoms with van der Waals surface area (Å²) in [6.45, 7) is 0. The fourth-order valence-corrected chi connectivity index (χ4v) is 1.78. The van der Waals surface area contributed by atoms with Gasteiger partial charge in [0.05, 0.1) is 0 Å². The molecule has 0 aliphatic rings. The number of para-hydroxylation sites is 1. The molecule has 0 radical (unpaired) electrons. The van der Waals surface area contributed by atoms with Crippen molar-refractivity contribution in [2.24, 2.45) is 0 Å². The summed E-state index contributed by atoms with van der Waals surface area (Å²) in [5, 5.41) is 11.2. The van der Waals surface area contributed by atoms with Gasteiger partial charge in [-0.2, -0.15) is 0 Å². The summed E-state index contributed by atoms with van der Waals surface area (Å²) in [5.41, 5.74) is 2.49. The molecule has 0 saturated heterocycles. The SMILES string of the molecule is O=C(O)/C=C\C(=O)Nc1ccccc1-c1ccccc1. The average molecular weight is 267 g/mol. The van der Waals surface area contributed by atoms with Gasteiger partial charge in [-0.1, -0.05) is 48.5 Å². The number of benzene rings is 2. The third-order valence-electron chi connectivity index (χ3n) is 2.65. The highest BCUT2D eigenvalue weighted by Gasteiger charge is 2.06. The van der Waals surface area contributed by atoms with Crippen LogP contribution in [0, 0.1) is 0 Å². The van der Waals surface area contributed by atoms with E-state index in [1.54, 1.807) is 6.07 Å². The first-order valence-corrected chi connectivity index (χ1v) is 6.03. The van der Waals surface area contributed by atoms with Gasteiger partial charge in [-0.3, -0.25) is 4.79 Å². The van der Waals surface area contributed by atoms with E-state index in [0.717, 1.165) is 23.3 Å². The lowest BCUT2D eigenvalue weighted by atomic mass is 10.0. The fourth-order valence-electron chi connectivity index (χ4n) is 1.78. The van der Waals surface area contributed by atoms with E-state index >= 15 is 0 Å². The molecule has 0 aromatic heterocycles. The highest BCUT2D eigenvalue weighted by atomic mass is 16.4. The van der Waals surface area contributed by atoms with E-state index in [-0.39, 0.29) is 0 Å². The van der Waals surface area contributed by atoms with Crippen molar-refractivity contribution in [1.82, 2.24) is 0 Å². The van der Waals surface area contributed by atoms with Crippen molar-refractivity contribution < 1.29 is 14.7 Å². The molecule has 20 heavy (non-hydrogen) atoms. The molecule has 2 aromatic carbocycles. The maximum Gasteiger partial charge on any atom is 0.328 e. The summed E-state index contributed by atoms with van der Waals surface area (Å²) < 4.78 is 0. The lowest BCUT2D eigenvalue weighted by Gasteiger charge is -2.09. The summed E-state index contributed by atoms with van der Waals surface area (Å²) in [7, 11) is 0. The maximum absolute atomic E-state index is 11.6. The Balaban J connectivity index is 2.25. The Labute approximate surface area is 116 Å². The minimum Gasteiger partial charge on any atom is -0.478 e. The zero-order chi connectivity index (χ0) is 14.4. The van der Waals surface area contributed by atoms with Gasteiger partial charge in [0.2, 0.25) is 5.91 Å². The second-order valence-corrected chi connectivity index (χ2v) is 4.07. The van der Waals surface area contributed by atoms with E-state index in [0.29, 0.717) is 5.69 Å². The van der Waals surface area contributed by atoms with Crippen LogP contribution in [0.5, 0.6) is 0 Å². The lowest BCUT2D eigenvalue weighted by Crippen LogP contribution is -2.09. The zero-order valence-electron chi connectivity index (χ0n) is 10.6. The molecule has 0 heterocycles. The van der Waals surface area contributed by atoms with E-state index < -0.39 is 11.9 Å². The average Bonchev–Trinajstić information content (AvgIpc) is 2.47. The van der Waals surface area contributed by atoms with Crippen molar-refractivity contribution in [3.8, 4) is 11.1 Å². The molecule has 0 unspecified atom stereocenters. The van der Waals surface area contributed by atoms with Crippen LogP contribution in [0.4, 0.5) is 5.69 Å². The Kier molecular flexibility index (Phi) is 4.29. The van der Waals surface area contributed by atoms with Gasteiger partial charge in [-0.05, 0) is 11.6 Å². The Morgan fingerprint density at radius 3 is 2.25 bits per heavy atom. The number of hydrogen-bond donors (Lipinski definition) is 2. The second kappa shape index (κ2) is 6.33. The molecule has 4 nitrogen and oxygen atoms in total. The molecule has 0 saturated carbocycles. The van der Waals surface area contributed by atoms with Gasteiger partial charge in [-0.15, -0.1) is 0 Å². The number of hydrogen-bond acceptors (Lipinski definition) is 2. The van der Waals surface area contributed by atoms with Crippen molar-refractivity contribution in [3.63, 3.8) is 0 Å². The molecular weight excluding hydrogens is 254 g/mol. The highest BCUT2D eigenvalue weighted by Crippen LogP contribution is 2.27. The van der Waals surface area contributed by atoms with Crippen LogP contribution < -0.4 is 5.32 Å². The Morgan fingerprint density at radius 2 is 1.55 bits per heavy atom. The van der Waals surface area contributed by atoms with E-state index in [4.69, 9.17) is 5.11 Å². The van der Waals surface area contributed by atoms with Crippen molar-refractivity contribution in [2.45, 2.75) is 0 Å². The van der Waals surface area contributed by atoms with E-state index in [2.05, 4.69) is 5.32 Å². The number of carbonyl (C=O) groups excluding carboxylic acids is 1. The third kappa shape index (κ3) is 3.55. The third-order valence-corrected chi connectivity index (χ3v) is 2.65. The number of carbonyl (C=O) groups is 2. The van der Waals surface area contributed by atoms with E-state index in [1.807, 2.05) is 48.5 Å². The van der Waals surface area contributed by atoms with Crippen LogP contribution in [0.3, 0.4) is 0 Å². The zero-order valence-corrected chi connectivity index (χ0v) is 10.6. The van der Waals surface area contributed by atoms with Crippen molar-refractivity contribution in [1.29, 1.82) is 0 Å². The predicted molar refractivity (Wildman–Crippen MR) is 77.3 cm³/mol. The summed E-state index contributed by atoms with van der Waals surface area (Å²) in [6, 6.07) is 17.0. The lowest BCUT2D eigenvalue weighted by molar-refractivity contribution is -0.131. The maximum atomic E-state index is 11.6. The number of anilines is 1. The number of carboxylic acid groups (broad SMARTS) is 1. The minimum atomic E-state index is -1.16. The van der Waals surface area contributed by atoms with Crippen molar-refractivity contribution in [2.75, 3.05) is 5.32 Å². The van der Waals surface area contributed by atoms with Crippen LogP contribution in [0.15, 0.2) is 66.7 Å². The molecule has 100 valence electrons. The van der Waals surface area contributed by atoms with Gasteiger partial charge in [0.15, 0.2) is 0 Å². The molecular formula is C16H13NO3. The summed E-state index contributed by atoms with van der Waals surface area (Å²) in [5.74, 6) is -1.63. The molecule has 0 atom stereocenters. The van der Waals surface area contributed by atoms with Crippen LogP contribution in [0.1, 0.15) is 0 Å². The summed E-state index contributed by atoms with van der Waals surface area (Å²) in [4.78, 5) is 22.0. The summed E-state index contributed by atoms with van der Waals surface area (Å²) in [6.07, 6.45) is 1.80. The summed E-state index contributed by atoms with van der Waals surface area (Å²) >= 11 is 0. The molecule has 0 bridgehead atoms. The van der Waals surface area contributed by atoms with Gasteiger partial charge in [0.1, 0.15) is 0 Å². The van der Waals surface area contributed by atoms with Gasteiger partial charge in [0, 0.05) is 23.4 Å². The number of carboxylic acids is 1. The first-order chi connectivity index (χ1) is 9.66. The monoisotopic (exact) mass is 267 g/mol. The second-order valence-electron chi connectivity index (χ2n) is 4.07. The highest BCUT2D eigenvalue weighted by molar-refractivity contribution is 6.04. The van der Waals surface area contributed by atoms with Crippen LogP contribution in [0.2, 0.25) is 0 Å². The first-order valence-electron chi connectivity index (χ1n) is 6.03. The van der Waals surface area contributed by atoms with Crippen LogP contribution in [0.25, 0.3) is 11.1 Å². The standard InChI is InChI=1S/C16H13NO3/c18-15(10-11-16(19)20)17-14-9-5-4-8-13(14)12-6-2-1-3-7-12/h1-11H,(H,17,18)(H,19,20)/b11-10-. The van der Waals surface area contributed by atoms with Gasteiger partial charge in [0.25, 0.3) is 0 Å². The number of rotatable bonds is 4. The largest absolute Gasteiger partial charge is 0.478 e. The Morgan fingerprint density at radius 1 is 0.900 bits per heavy atom. The quantitative estimate of drug-likeness (QED) is 0.837. The molecule has 0 spiro atoms. The van der Waals surface area contributed by atoms with E-state index in [1.165, 1.54) is 0 Å². The van der Waals surface area contributed by atoms with Crippen LogP contribution >= 0.6 is 0 Å². The Bertz CT molecular complexity index is 648. The van der Waals surface area contributed by atoms with Crippen molar-refractivity contribution in [3.05, 3.63) is 66.7 Å². The molecule has 2 rings (SSSR count). The Hall–Kier alpha value is -2.88. The van der Waals surface area contributed by atoms with Crippen LogP contribution in [-0.4, -0.2) is 17.0 Å². The molecule has 0 fully saturated rings. The van der Waals surface area contributed by atoms with Gasteiger partial charge < -0.3 is 10.4 Å². The van der Waals surface area contributed by atoms with Gasteiger partial charge >= 0.3 is 5.97 Å². The molecule has 2 N–H and O–H groups in total. The minimum absolute atomic E-state index is 0.476. The normalized spacial score (nSPS) is 10.4.